The molecule has 2 aromatic carbocycles. The van der Waals surface area contributed by atoms with Crippen molar-refractivity contribution in [2.24, 2.45) is 5.92 Å². The lowest BCUT2D eigenvalue weighted by molar-refractivity contribution is -0.125. The average Bonchev–Trinajstić information content (AvgIpc) is 3.06. The van der Waals surface area contributed by atoms with E-state index in [1.165, 1.54) is 0 Å². The number of amides is 1. The highest BCUT2D eigenvalue weighted by molar-refractivity contribution is 5.83. The van der Waals surface area contributed by atoms with Gasteiger partial charge < -0.3 is 10.4 Å². The SMILES string of the molecule is O=C(NCC(O)c1ccc2ccccc2c1)C1CC=CC1. The number of fused-ring (bicyclic) bond motifs is 1. The van der Waals surface area contributed by atoms with Crippen molar-refractivity contribution in [3.05, 3.63) is 60.2 Å². The van der Waals surface area contributed by atoms with Gasteiger partial charge in [-0.2, -0.15) is 0 Å². The van der Waals surface area contributed by atoms with Crippen LogP contribution in [0, 0.1) is 5.92 Å². The molecule has 3 heteroatoms. The van der Waals surface area contributed by atoms with Crippen LogP contribution < -0.4 is 5.32 Å². The second-order valence-electron chi connectivity index (χ2n) is 5.51. The Morgan fingerprint density at radius 2 is 1.86 bits per heavy atom. The van der Waals surface area contributed by atoms with Gasteiger partial charge in [-0.1, -0.05) is 48.6 Å². The van der Waals surface area contributed by atoms with E-state index in [9.17, 15) is 9.90 Å². The predicted molar refractivity (Wildman–Crippen MR) is 83.8 cm³/mol. The number of hydrogen-bond donors (Lipinski definition) is 2. The highest BCUT2D eigenvalue weighted by Gasteiger charge is 2.19. The highest BCUT2D eigenvalue weighted by atomic mass is 16.3. The van der Waals surface area contributed by atoms with Gasteiger partial charge in [-0.05, 0) is 35.2 Å². The number of benzene rings is 2. The molecule has 3 rings (SSSR count). The first-order valence-electron chi connectivity index (χ1n) is 7.33. The summed E-state index contributed by atoms with van der Waals surface area (Å²) < 4.78 is 0. The van der Waals surface area contributed by atoms with Gasteiger partial charge in [0.2, 0.25) is 5.91 Å². The summed E-state index contributed by atoms with van der Waals surface area (Å²) in [4.78, 5) is 11.9. The topological polar surface area (TPSA) is 49.3 Å². The molecular weight excluding hydrogens is 262 g/mol. The van der Waals surface area contributed by atoms with Crippen molar-refractivity contribution in [2.75, 3.05) is 6.54 Å². The van der Waals surface area contributed by atoms with E-state index in [1.807, 2.05) is 54.6 Å². The number of carbonyl (C=O) groups excluding carboxylic acids is 1. The standard InChI is InChI=1S/C18H19NO2/c20-17(12-19-18(21)14-6-2-3-7-14)16-10-9-13-5-1-4-8-15(13)11-16/h1-5,8-11,14,17,20H,6-7,12H2,(H,19,21). The molecule has 2 aromatic rings. The summed E-state index contributed by atoms with van der Waals surface area (Å²) in [5, 5.41) is 15.3. The van der Waals surface area contributed by atoms with Crippen molar-refractivity contribution in [3.8, 4) is 0 Å². The fraction of sp³-hybridized carbons (Fsp3) is 0.278. The van der Waals surface area contributed by atoms with Crippen LogP contribution in [-0.2, 0) is 4.79 Å². The maximum Gasteiger partial charge on any atom is 0.223 e. The third-order valence-electron chi connectivity index (χ3n) is 4.01. The molecule has 0 fully saturated rings. The molecular formula is C18H19NO2. The molecule has 1 aliphatic rings. The average molecular weight is 281 g/mol. The van der Waals surface area contributed by atoms with E-state index in [4.69, 9.17) is 0 Å². The Hall–Kier alpha value is -2.13. The second kappa shape index (κ2) is 6.10. The van der Waals surface area contributed by atoms with Crippen molar-refractivity contribution < 1.29 is 9.90 Å². The van der Waals surface area contributed by atoms with Gasteiger partial charge in [0.1, 0.15) is 0 Å². The van der Waals surface area contributed by atoms with Crippen molar-refractivity contribution in [1.82, 2.24) is 5.32 Å². The summed E-state index contributed by atoms with van der Waals surface area (Å²) in [6, 6.07) is 13.9. The smallest absolute Gasteiger partial charge is 0.223 e. The highest BCUT2D eigenvalue weighted by Crippen LogP contribution is 2.21. The van der Waals surface area contributed by atoms with Crippen LogP contribution in [0.4, 0.5) is 0 Å². The molecule has 3 nitrogen and oxygen atoms in total. The summed E-state index contributed by atoms with van der Waals surface area (Å²) in [6.45, 7) is 0.258. The van der Waals surface area contributed by atoms with Gasteiger partial charge in [0, 0.05) is 12.5 Å². The summed E-state index contributed by atoms with van der Waals surface area (Å²) in [6.07, 6.45) is 5.00. The van der Waals surface area contributed by atoms with Gasteiger partial charge in [0.15, 0.2) is 0 Å². The van der Waals surface area contributed by atoms with Crippen molar-refractivity contribution >= 4 is 16.7 Å². The van der Waals surface area contributed by atoms with E-state index >= 15 is 0 Å². The van der Waals surface area contributed by atoms with Crippen LogP contribution in [0.5, 0.6) is 0 Å². The molecule has 0 spiro atoms. The van der Waals surface area contributed by atoms with E-state index < -0.39 is 6.10 Å². The third kappa shape index (κ3) is 3.14. The molecule has 0 saturated heterocycles. The van der Waals surface area contributed by atoms with Crippen LogP contribution in [0.25, 0.3) is 10.8 Å². The van der Waals surface area contributed by atoms with Crippen molar-refractivity contribution in [3.63, 3.8) is 0 Å². The Morgan fingerprint density at radius 3 is 2.62 bits per heavy atom. The zero-order valence-corrected chi connectivity index (χ0v) is 11.8. The number of hydrogen-bond acceptors (Lipinski definition) is 2. The van der Waals surface area contributed by atoms with Crippen LogP contribution in [0.2, 0.25) is 0 Å². The first-order chi connectivity index (χ1) is 10.2. The number of nitrogens with one attached hydrogen (secondary N) is 1. The molecule has 1 unspecified atom stereocenters. The van der Waals surface area contributed by atoms with E-state index in [0.29, 0.717) is 0 Å². The summed E-state index contributed by atoms with van der Waals surface area (Å²) in [7, 11) is 0. The Labute approximate surface area is 124 Å². The molecule has 1 amide bonds. The Balaban J connectivity index is 1.63. The van der Waals surface area contributed by atoms with Crippen molar-refractivity contribution in [2.45, 2.75) is 18.9 Å². The molecule has 2 N–H and O–H groups in total. The van der Waals surface area contributed by atoms with Crippen molar-refractivity contribution in [1.29, 1.82) is 0 Å². The van der Waals surface area contributed by atoms with E-state index in [1.54, 1.807) is 0 Å². The number of allylic oxidation sites excluding steroid dienone is 2. The molecule has 1 atom stereocenters. The summed E-state index contributed by atoms with van der Waals surface area (Å²) in [5.41, 5.74) is 0.832. The minimum absolute atomic E-state index is 0.0276. The minimum atomic E-state index is -0.673. The van der Waals surface area contributed by atoms with E-state index in [0.717, 1.165) is 29.2 Å². The zero-order valence-electron chi connectivity index (χ0n) is 11.8. The van der Waals surface area contributed by atoms with Crippen LogP contribution in [0.1, 0.15) is 24.5 Å². The maximum absolute atomic E-state index is 11.9. The number of aliphatic hydroxyl groups excluding tert-OH is 1. The van der Waals surface area contributed by atoms with Crippen LogP contribution in [0.15, 0.2) is 54.6 Å². The quantitative estimate of drug-likeness (QED) is 0.847. The fourth-order valence-corrected chi connectivity index (χ4v) is 2.71. The van der Waals surface area contributed by atoms with Gasteiger partial charge in [0.25, 0.3) is 0 Å². The van der Waals surface area contributed by atoms with Gasteiger partial charge in [0.05, 0.1) is 6.10 Å². The predicted octanol–water partition coefficient (Wildman–Crippen LogP) is 2.96. The van der Waals surface area contributed by atoms with Gasteiger partial charge >= 0.3 is 0 Å². The Bertz CT molecular complexity index is 670. The molecule has 0 radical (unpaired) electrons. The maximum atomic E-state index is 11.9. The lowest BCUT2D eigenvalue weighted by Crippen LogP contribution is -2.32. The lowest BCUT2D eigenvalue weighted by Gasteiger charge is -2.15. The molecule has 0 aliphatic heterocycles. The molecule has 0 bridgehead atoms. The molecule has 108 valence electrons. The van der Waals surface area contributed by atoms with Gasteiger partial charge in [-0.25, -0.2) is 0 Å². The van der Waals surface area contributed by atoms with Crippen LogP contribution in [0.3, 0.4) is 0 Å². The monoisotopic (exact) mass is 281 g/mol. The van der Waals surface area contributed by atoms with Crippen LogP contribution in [-0.4, -0.2) is 17.6 Å². The first kappa shape index (κ1) is 13.8. The molecule has 21 heavy (non-hydrogen) atoms. The van der Waals surface area contributed by atoms with E-state index in [-0.39, 0.29) is 18.4 Å². The summed E-state index contributed by atoms with van der Waals surface area (Å²) in [5.74, 6) is 0.0636. The first-order valence-corrected chi connectivity index (χ1v) is 7.33. The Kier molecular flexibility index (Phi) is 4.02. The minimum Gasteiger partial charge on any atom is -0.387 e. The molecule has 0 saturated carbocycles. The fourth-order valence-electron chi connectivity index (χ4n) is 2.71. The zero-order chi connectivity index (χ0) is 14.7. The number of carbonyl (C=O) groups is 1. The van der Waals surface area contributed by atoms with Gasteiger partial charge in [-0.3, -0.25) is 4.79 Å². The molecule has 0 heterocycles. The normalized spacial score (nSPS) is 16.2. The number of rotatable bonds is 4. The summed E-state index contributed by atoms with van der Waals surface area (Å²) >= 11 is 0. The van der Waals surface area contributed by atoms with Gasteiger partial charge in [-0.15, -0.1) is 0 Å². The molecule has 0 aromatic heterocycles. The second-order valence-corrected chi connectivity index (χ2v) is 5.51. The number of aliphatic hydroxyl groups is 1. The van der Waals surface area contributed by atoms with E-state index in [2.05, 4.69) is 5.32 Å². The lowest BCUT2D eigenvalue weighted by atomic mass is 10.0. The Morgan fingerprint density at radius 1 is 1.14 bits per heavy atom. The van der Waals surface area contributed by atoms with Crippen LogP contribution >= 0.6 is 0 Å². The molecule has 1 aliphatic carbocycles. The third-order valence-corrected chi connectivity index (χ3v) is 4.01. The largest absolute Gasteiger partial charge is 0.387 e.